The van der Waals surface area contributed by atoms with Crippen molar-refractivity contribution in [1.29, 1.82) is 5.26 Å². The topological polar surface area (TPSA) is 42.2 Å². The molecule has 0 saturated carbocycles. The van der Waals surface area contributed by atoms with Gasteiger partial charge in [-0.25, -0.2) is 0 Å². The average molecular weight is 167 g/mol. The Hall–Kier alpha value is -1.69. The predicted molar refractivity (Wildman–Crippen MR) is 48.1 cm³/mol. The first-order valence-corrected chi connectivity index (χ1v) is 3.18. The van der Waals surface area contributed by atoms with Crippen LogP contribution in [0.25, 0.3) is 0 Å². The van der Waals surface area contributed by atoms with Gasteiger partial charge in [0.1, 0.15) is 5.76 Å². The number of ether oxygens (including phenoxy) is 2. The van der Waals surface area contributed by atoms with Gasteiger partial charge in [0.2, 0.25) is 0 Å². The third kappa shape index (κ3) is 11.2. The van der Waals surface area contributed by atoms with Gasteiger partial charge in [0.25, 0.3) is 6.26 Å². The summed E-state index contributed by atoms with van der Waals surface area (Å²) in [6.45, 7) is 7.00. The van der Waals surface area contributed by atoms with Crippen molar-refractivity contribution in [3.8, 4) is 6.26 Å². The number of hydrogen-bond donors (Lipinski definition) is 0. The Kier molecular flexibility index (Phi) is 13.0. The van der Waals surface area contributed by atoms with Gasteiger partial charge in [-0.3, -0.25) is 0 Å². The van der Waals surface area contributed by atoms with Crippen LogP contribution in [0.5, 0.6) is 0 Å². The molecule has 12 heavy (non-hydrogen) atoms. The van der Waals surface area contributed by atoms with Gasteiger partial charge in [0, 0.05) is 0 Å². The number of nitrogens with zero attached hydrogens (tertiary/aromatic N) is 1. The molecule has 0 aliphatic rings. The minimum Gasteiger partial charge on any atom is -0.497 e. The second kappa shape index (κ2) is 12.0. The predicted octanol–water partition coefficient (Wildman–Crippen LogP) is 2.00. The highest BCUT2D eigenvalue weighted by Crippen LogP contribution is 1.93. The maximum atomic E-state index is 7.40. The van der Waals surface area contributed by atoms with Gasteiger partial charge in [-0.15, -0.1) is 0 Å². The van der Waals surface area contributed by atoms with E-state index in [2.05, 4.69) is 17.9 Å². The molecule has 0 amide bonds. The van der Waals surface area contributed by atoms with E-state index < -0.39 is 0 Å². The first-order chi connectivity index (χ1) is 5.76. The normalized spacial score (nSPS) is 8.25. The van der Waals surface area contributed by atoms with E-state index in [0.29, 0.717) is 0 Å². The van der Waals surface area contributed by atoms with Crippen molar-refractivity contribution in [3.05, 3.63) is 37.1 Å². The molecule has 0 heterocycles. The Bertz CT molecular complexity index is 189. The summed E-state index contributed by atoms with van der Waals surface area (Å²) in [5, 5.41) is 7.40. The highest BCUT2D eigenvalue weighted by Gasteiger charge is 1.79. The third-order valence-electron chi connectivity index (χ3n) is 0.810. The van der Waals surface area contributed by atoms with E-state index in [0.717, 1.165) is 5.76 Å². The zero-order chi connectivity index (χ0) is 9.82. The van der Waals surface area contributed by atoms with Crippen LogP contribution in [0.3, 0.4) is 0 Å². The van der Waals surface area contributed by atoms with Gasteiger partial charge in [-0.2, -0.15) is 5.26 Å². The van der Waals surface area contributed by atoms with E-state index >= 15 is 0 Å². The van der Waals surface area contributed by atoms with Crippen molar-refractivity contribution in [3.63, 3.8) is 0 Å². The lowest BCUT2D eigenvalue weighted by Crippen LogP contribution is -1.77. The number of nitriles is 1. The zero-order valence-electron chi connectivity index (χ0n) is 7.41. The lowest BCUT2D eigenvalue weighted by atomic mass is 10.4. The van der Waals surface area contributed by atoms with Gasteiger partial charge in [0.05, 0.1) is 14.2 Å². The quantitative estimate of drug-likeness (QED) is 0.367. The molecule has 0 aromatic heterocycles. The van der Waals surface area contributed by atoms with Gasteiger partial charge < -0.3 is 9.47 Å². The summed E-state index contributed by atoms with van der Waals surface area (Å²) in [5.74, 6) is 0.736. The van der Waals surface area contributed by atoms with Gasteiger partial charge in [-0.1, -0.05) is 19.2 Å². The van der Waals surface area contributed by atoms with Crippen molar-refractivity contribution < 1.29 is 9.47 Å². The standard InChI is InChI=1S/C7H10O.C2H3NO/c1-4-6-7(5-2)8-3;1-4-2-3/h4-6H,1-2H2,3H3;1H3/b7-6+;. The summed E-state index contributed by atoms with van der Waals surface area (Å²) in [6.07, 6.45) is 6.45. The molecule has 0 aliphatic carbocycles. The van der Waals surface area contributed by atoms with Gasteiger partial charge in [0.15, 0.2) is 0 Å². The molecule has 0 saturated heterocycles. The van der Waals surface area contributed by atoms with Gasteiger partial charge in [-0.05, 0) is 12.2 Å². The molecule has 66 valence electrons. The van der Waals surface area contributed by atoms with E-state index in [9.17, 15) is 0 Å². The fourth-order valence-electron chi connectivity index (χ4n) is 0.336. The van der Waals surface area contributed by atoms with E-state index in [1.165, 1.54) is 13.4 Å². The Balaban J connectivity index is 0. The Morgan fingerprint density at radius 1 is 1.42 bits per heavy atom. The summed E-state index contributed by atoms with van der Waals surface area (Å²) in [4.78, 5) is 0. The summed E-state index contributed by atoms with van der Waals surface area (Å²) in [6, 6.07) is 0. The Morgan fingerprint density at radius 2 is 1.92 bits per heavy atom. The van der Waals surface area contributed by atoms with Crippen molar-refractivity contribution in [2.45, 2.75) is 0 Å². The fourth-order valence-corrected chi connectivity index (χ4v) is 0.336. The molecule has 0 N–H and O–H groups in total. The molecule has 0 unspecified atom stereocenters. The van der Waals surface area contributed by atoms with Crippen LogP contribution in [-0.2, 0) is 9.47 Å². The smallest absolute Gasteiger partial charge is 0.286 e. The molecular weight excluding hydrogens is 154 g/mol. The SMILES string of the molecule is C=C/C=C(\C=C)OC.COC#N. The summed E-state index contributed by atoms with van der Waals surface area (Å²) in [7, 11) is 2.91. The molecule has 0 aromatic carbocycles. The molecule has 3 heteroatoms. The Labute approximate surface area is 73.2 Å². The second-order valence-electron chi connectivity index (χ2n) is 1.51. The summed E-state index contributed by atoms with van der Waals surface area (Å²) < 4.78 is 8.66. The molecule has 0 atom stereocenters. The van der Waals surface area contributed by atoms with E-state index in [1.807, 2.05) is 0 Å². The lowest BCUT2D eigenvalue weighted by Gasteiger charge is -1.94. The molecule has 0 rings (SSSR count). The molecule has 3 nitrogen and oxygen atoms in total. The number of hydrogen-bond acceptors (Lipinski definition) is 3. The van der Waals surface area contributed by atoms with Crippen molar-refractivity contribution in [2.24, 2.45) is 0 Å². The van der Waals surface area contributed by atoms with Crippen LogP contribution in [0.1, 0.15) is 0 Å². The molecule has 0 aromatic rings. The molecular formula is C9H13NO2. The number of rotatable bonds is 3. The average Bonchev–Trinajstić information content (AvgIpc) is 2.14. The fraction of sp³-hybridized carbons (Fsp3) is 0.222. The van der Waals surface area contributed by atoms with E-state index in [1.54, 1.807) is 25.3 Å². The first kappa shape index (κ1) is 12.9. The van der Waals surface area contributed by atoms with Crippen molar-refractivity contribution in [1.82, 2.24) is 0 Å². The lowest BCUT2D eigenvalue weighted by molar-refractivity contribution is 0.307. The van der Waals surface area contributed by atoms with Crippen LogP contribution in [0.4, 0.5) is 0 Å². The Morgan fingerprint density at radius 3 is 2.00 bits per heavy atom. The third-order valence-corrected chi connectivity index (χ3v) is 0.810. The van der Waals surface area contributed by atoms with Crippen LogP contribution >= 0.6 is 0 Å². The maximum Gasteiger partial charge on any atom is 0.286 e. The van der Waals surface area contributed by atoms with Crippen LogP contribution in [0, 0.1) is 11.5 Å². The molecule has 0 aliphatic heterocycles. The zero-order valence-corrected chi connectivity index (χ0v) is 7.41. The monoisotopic (exact) mass is 167 g/mol. The number of allylic oxidation sites excluding steroid dienone is 3. The van der Waals surface area contributed by atoms with Gasteiger partial charge >= 0.3 is 0 Å². The van der Waals surface area contributed by atoms with E-state index in [4.69, 9.17) is 10.00 Å². The maximum absolute atomic E-state index is 7.40. The number of methoxy groups -OCH3 is 2. The van der Waals surface area contributed by atoms with Crippen LogP contribution in [0.15, 0.2) is 37.1 Å². The summed E-state index contributed by atoms with van der Waals surface area (Å²) >= 11 is 0. The first-order valence-electron chi connectivity index (χ1n) is 3.18. The summed E-state index contributed by atoms with van der Waals surface area (Å²) in [5.41, 5.74) is 0. The second-order valence-corrected chi connectivity index (χ2v) is 1.51. The highest BCUT2D eigenvalue weighted by atomic mass is 16.5. The van der Waals surface area contributed by atoms with Crippen molar-refractivity contribution in [2.75, 3.05) is 14.2 Å². The molecule has 0 radical (unpaired) electrons. The minimum atomic E-state index is 0.736. The van der Waals surface area contributed by atoms with Crippen LogP contribution < -0.4 is 0 Å². The van der Waals surface area contributed by atoms with E-state index in [-0.39, 0.29) is 0 Å². The molecule has 0 fully saturated rings. The molecule has 0 spiro atoms. The van der Waals surface area contributed by atoms with Crippen molar-refractivity contribution >= 4 is 0 Å². The largest absolute Gasteiger partial charge is 0.497 e. The molecule has 0 bridgehead atoms. The van der Waals surface area contributed by atoms with Crippen LogP contribution in [0.2, 0.25) is 0 Å². The van der Waals surface area contributed by atoms with Crippen LogP contribution in [-0.4, -0.2) is 14.2 Å². The highest BCUT2D eigenvalue weighted by molar-refractivity contribution is 5.14. The minimum absolute atomic E-state index is 0.736.